The molecular formula is C20H18ClN3O2. The van der Waals surface area contributed by atoms with Gasteiger partial charge in [0, 0.05) is 24.6 Å². The molecule has 0 N–H and O–H groups in total. The molecule has 26 heavy (non-hydrogen) atoms. The minimum Gasteiger partial charge on any atom is -0.457 e. The Balaban J connectivity index is 1.84. The summed E-state index contributed by atoms with van der Waals surface area (Å²) in [5.41, 5.74) is 0.710. The van der Waals surface area contributed by atoms with Crippen LogP contribution in [0, 0.1) is 0 Å². The molecule has 0 saturated carbocycles. The average molecular weight is 368 g/mol. The number of carbonyl (C=O) groups excluding carboxylic acids is 1. The Morgan fingerprint density at radius 3 is 2.23 bits per heavy atom. The zero-order valence-corrected chi connectivity index (χ0v) is 15.3. The Morgan fingerprint density at radius 2 is 1.65 bits per heavy atom. The molecule has 3 rings (SSSR count). The van der Waals surface area contributed by atoms with Gasteiger partial charge in [-0.15, -0.1) is 0 Å². The molecule has 0 radical (unpaired) electrons. The highest BCUT2D eigenvalue weighted by Crippen LogP contribution is 2.28. The smallest absolute Gasteiger partial charge is 0.229 e. The molecule has 1 aromatic heterocycles. The molecule has 5 nitrogen and oxygen atoms in total. The summed E-state index contributed by atoms with van der Waals surface area (Å²) in [5, 5.41) is 0.654. The summed E-state index contributed by atoms with van der Waals surface area (Å²) >= 11 is 5.88. The molecule has 0 fully saturated rings. The minimum absolute atomic E-state index is 0.128. The van der Waals surface area contributed by atoms with Crippen LogP contribution in [0.1, 0.15) is 19.7 Å². The number of anilines is 2. The normalized spacial score (nSPS) is 10.4. The molecule has 3 aromatic rings. The first-order chi connectivity index (χ1) is 12.6. The molecule has 0 aliphatic rings. The third kappa shape index (κ3) is 4.18. The second-order valence-electron chi connectivity index (χ2n) is 5.59. The summed E-state index contributed by atoms with van der Waals surface area (Å²) in [4.78, 5) is 22.3. The lowest BCUT2D eigenvalue weighted by atomic mass is 10.2. The van der Waals surface area contributed by atoms with E-state index in [0.29, 0.717) is 40.3 Å². The number of benzene rings is 2. The summed E-state index contributed by atoms with van der Waals surface area (Å²) in [6.07, 6.45) is 2.36. The number of amides is 1. The number of carbonyl (C=O) groups is 1. The Labute approximate surface area is 157 Å². The second kappa shape index (κ2) is 7.97. The molecule has 0 saturated heterocycles. The molecule has 1 amide bonds. The number of ether oxygens (including phenoxy) is 1. The van der Waals surface area contributed by atoms with Gasteiger partial charge in [0.2, 0.25) is 5.91 Å². The highest BCUT2D eigenvalue weighted by atomic mass is 35.5. The monoisotopic (exact) mass is 367 g/mol. The van der Waals surface area contributed by atoms with Gasteiger partial charge in [0.1, 0.15) is 23.1 Å². The van der Waals surface area contributed by atoms with Gasteiger partial charge >= 0.3 is 0 Å². The Bertz CT molecular complexity index is 896. The van der Waals surface area contributed by atoms with Crippen LogP contribution in [0.4, 0.5) is 11.5 Å². The molecular weight excluding hydrogens is 350 g/mol. The topological polar surface area (TPSA) is 55.3 Å². The van der Waals surface area contributed by atoms with E-state index < -0.39 is 0 Å². The Hall–Kier alpha value is -2.92. The number of halogens is 1. The maximum atomic E-state index is 12.2. The number of rotatable bonds is 5. The van der Waals surface area contributed by atoms with Crippen molar-refractivity contribution in [1.29, 1.82) is 0 Å². The fourth-order valence-corrected chi connectivity index (χ4v) is 2.59. The SMILES string of the molecule is CCc1nccc(N(C(C)=O)c2ccc(Oc3ccc(Cl)cc3)cc2)n1. The molecule has 2 aromatic carbocycles. The number of hydrogen-bond donors (Lipinski definition) is 0. The molecule has 0 unspecified atom stereocenters. The van der Waals surface area contributed by atoms with Crippen LogP contribution in [0.2, 0.25) is 5.02 Å². The van der Waals surface area contributed by atoms with E-state index in [1.165, 1.54) is 6.92 Å². The molecule has 1 heterocycles. The van der Waals surface area contributed by atoms with Gasteiger partial charge in [-0.3, -0.25) is 9.69 Å². The number of aryl methyl sites for hydroxylation is 1. The van der Waals surface area contributed by atoms with Crippen LogP contribution in [-0.4, -0.2) is 15.9 Å². The maximum absolute atomic E-state index is 12.2. The zero-order valence-electron chi connectivity index (χ0n) is 14.5. The molecule has 6 heteroatoms. The third-order valence-electron chi connectivity index (χ3n) is 3.70. The summed E-state index contributed by atoms with van der Waals surface area (Å²) in [6.45, 7) is 3.48. The van der Waals surface area contributed by atoms with Crippen molar-refractivity contribution in [3.05, 3.63) is 71.6 Å². The minimum atomic E-state index is -0.128. The van der Waals surface area contributed by atoms with Crippen molar-refractivity contribution in [3.8, 4) is 11.5 Å². The molecule has 0 atom stereocenters. The van der Waals surface area contributed by atoms with Gasteiger partial charge in [0.25, 0.3) is 0 Å². The van der Waals surface area contributed by atoms with Crippen molar-refractivity contribution in [1.82, 2.24) is 9.97 Å². The standard InChI is InChI=1S/C20H18ClN3O2/c1-3-19-22-13-12-20(23-19)24(14(2)25)16-6-10-18(11-7-16)26-17-8-4-15(21)5-9-17/h4-13H,3H2,1-2H3. The van der Waals surface area contributed by atoms with E-state index in [4.69, 9.17) is 16.3 Å². The lowest BCUT2D eigenvalue weighted by molar-refractivity contribution is -0.115. The lowest BCUT2D eigenvalue weighted by Crippen LogP contribution is -2.24. The molecule has 0 spiro atoms. The van der Waals surface area contributed by atoms with E-state index in [1.807, 2.05) is 31.2 Å². The lowest BCUT2D eigenvalue weighted by Gasteiger charge is -2.20. The van der Waals surface area contributed by atoms with Gasteiger partial charge < -0.3 is 4.74 Å². The van der Waals surface area contributed by atoms with Crippen LogP contribution >= 0.6 is 11.6 Å². The predicted octanol–water partition coefficient (Wildman–Crippen LogP) is 5.17. The molecule has 0 bridgehead atoms. The van der Waals surface area contributed by atoms with Crippen molar-refractivity contribution in [2.75, 3.05) is 4.90 Å². The summed E-state index contributed by atoms with van der Waals surface area (Å²) in [7, 11) is 0. The van der Waals surface area contributed by atoms with Crippen LogP contribution in [0.15, 0.2) is 60.8 Å². The van der Waals surface area contributed by atoms with Crippen molar-refractivity contribution in [2.45, 2.75) is 20.3 Å². The van der Waals surface area contributed by atoms with E-state index in [9.17, 15) is 4.79 Å². The van der Waals surface area contributed by atoms with Gasteiger partial charge in [-0.05, 0) is 54.6 Å². The maximum Gasteiger partial charge on any atom is 0.229 e. The number of nitrogens with zero attached hydrogens (tertiary/aromatic N) is 3. The first-order valence-corrected chi connectivity index (χ1v) is 8.60. The zero-order chi connectivity index (χ0) is 18.5. The van der Waals surface area contributed by atoms with Crippen molar-refractivity contribution < 1.29 is 9.53 Å². The summed E-state index contributed by atoms with van der Waals surface area (Å²) in [5.74, 6) is 2.47. The first-order valence-electron chi connectivity index (χ1n) is 8.23. The van der Waals surface area contributed by atoms with Gasteiger partial charge in [0.05, 0.1) is 5.69 Å². The van der Waals surface area contributed by atoms with Crippen LogP contribution in [0.5, 0.6) is 11.5 Å². The highest BCUT2D eigenvalue weighted by molar-refractivity contribution is 6.30. The Morgan fingerprint density at radius 1 is 1.04 bits per heavy atom. The van der Waals surface area contributed by atoms with Crippen molar-refractivity contribution in [3.63, 3.8) is 0 Å². The van der Waals surface area contributed by atoms with Crippen LogP contribution in [-0.2, 0) is 11.2 Å². The largest absolute Gasteiger partial charge is 0.457 e. The average Bonchev–Trinajstić information content (AvgIpc) is 2.65. The van der Waals surface area contributed by atoms with Crippen molar-refractivity contribution in [2.24, 2.45) is 0 Å². The second-order valence-corrected chi connectivity index (χ2v) is 6.03. The summed E-state index contributed by atoms with van der Waals surface area (Å²) in [6, 6.07) is 16.1. The van der Waals surface area contributed by atoms with Gasteiger partial charge in [-0.25, -0.2) is 9.97 Å². The fourth-order valence-electron chi connectivity index (χ4n) is 2.46. The highest BCUT2D eigenvalue weighted by Gasteiger charge is 2.16. The van der Waals surface area contributed by atoms with Gasteiger partial charge in [0.15, 0.2) is 0 Å². The fraction of sp³-hybridized carbons (Fsp3) is 0.150. The van der Waals surface area contributed by atoms with Gasteiger partial charge in [-0.1, -0.05) is 18.5 Å². The number of aromatic nitrogens is 2. The Kier molecular flexibility index (Phi) is 5.49. The van der Waals surface area contributed by atoms with E-state index in [1.54, 1.807) is 41.4 Å². The first kappa shape index (κ1) is 17.9. The van der Waals surface area contributed by atoms with E-state index in [0.717, 1.165) is 0 Å². The van der Waals surface area contributed by atoms with E-state index in [2.05, 4.69) is 9.97 Å². The van der Waals surface area contributed by atoms with E-state index in [-0.39, 0.29) is 5.91 Å². The quantitative estimate of drug-likeness (QED) is 0.624. The van der Waals surface area contributed by atoms with E-state index >= 15 is 0 Å². The third-order valence-corrected chi connectivity index (χ3v) is 3.95. The summed E-state index contributed by atoms with van der Waals surface area (Å²) < 4.78 is 5.78. The molecule has 0 aliphatic heterocycles. The molecule has 132 valence electrons. The van der Waals surface area contributed by atoms with Crippen molar-refractivity contribution >= 4 is 29.0 Å². The van der Waals surface area contributed by atoms with Gasteiger partial charge in [-0.2, -0.15) is 0 Å². The molecule has 0 aliphatic carbocycles. The van der Waals surface area contributed by atoms with Crippen LogP contribution < -0.4 is 9.64 Å². The van der Waals surface area contributed by atoms with Crippen LogP contribution in [0.3, 0.4) is 0 Å². The predicted molar refractivity (Wildman–Crippen MR) is 102 cm³/mol. The number of hydrogen-bond acceptors (Lipinski definition) is 4. The van der Waals surface area contributed by atoms with Crippen LogP contribution in [0.25, 0.3) is 0 Å².